The van der Waals surface area contributed by atoms with Gasteiger partial charge in [-0.1, -0.05) is 0 Å². The highest BCUT2D eigenvalue weighted by atomic mass is 16.5. The van der Waals surface area contributed by atoms with Crippen LogP contribution in [0.3, 0.4) is 0 Å². The average molecular weight is 223 g/mol. The molecule has 7 nitrogen and oxygen atoms in total. The zero-order valence-electron chi connectivity index (χ0n) is 8.92. The van der Waals surface area contributed by atoms with E-state index in [1.165, 1.54) is 6.33 Å². The molecule has 0 spiro atoms. The number of aliphatic hydroxyl groups is 1. The van der Waals surface area contributed by atoms with E-state index in [-0.39, 0.29) is 19.9 Å². The SMILES string of the molecule is CNc1ncnc2c1cnn2COCCO. The summed E-state index contributed by atoms with van der Waals surface area (Å²) in [5.74, 6) is 0.735. The molecule has 2 aromatic heterocycles. The fourth-order valence-corrected chi connectivity index (χ4v) is 1.40. The zero-order valence-corrected chi connectivity index (χ0v) is 8.92. The molecule has 2 aromatic rings. The molecule has 0 amide bonds. The van der Waals surface area contributed by atoms with Gasteiger partial charge in [-0.25, -0.2) is 14.6 Å². The maximum atomic E-state index is 8.60. The number of hydrogen-bond acceptors (Lipinski definition) is 6. The average Bonchev–Trinajstić information content (AvgIpc) is 2.73. The van der Waals surface area contributed by atoms with Crippen LogP contribution in [-0.2, 0) is 11.5 Å². The maximum absolute atomic E-state index is 8.60. The molecule has 0 saturated carbocycles. The summed E-state index contributed by atoms with van der Waals surface area (Å²) in [4.78, 5) is 8.21. The van der Waals surface area contributed by atoms with Crippen LogP contribution in [-0.4, -0.2) is 45.1 Å². The van der Waals surface area contributed by atoms with Crippen LogP contribution in [0.15, 0.2) is 12.5 Å². The summed E-state index contributed by atoms with van der Waals surface area (Å²) < 4.78 is 6.80. The van der Waals surface area contributed by atoms with Gasteiger partial charge in [0.25, 0.3) is 0 Å². The van der Waals surface area contributed by atoms with E-state index in [4.69, 9.17) is 9.84 Å². The maximum Gasteiger partial charge on any atom is 0.165 e. The lowest BCUT2D eigenvalue weighted by atomic mass is 10.4. The molecule has 0 aliphatic carbocycles. The van der Waals surface area contributed by atoms with Crippen molar-refractivity contribution in [2.45, 2.75) is 6.73 Å². The fraction of sp³-hybridized carbons (Fsp3) is 0.444. The number of fused-ring (bicyclic) bond motifs is 1. The monoisotopic (exact) mass is 223 g/mol. The highest BCUT2D eigenvalue weighted by Gasteiger charge is 2.07. The number of aromatic nitrogens is 4. The van der Waals surface area contributed by atoms with Crippen LogP contribution in [0.5, 0.6) is 0 Å². The predicted molar refractivity (Wildman–Crippen MR) is 57.9 cm³/mol. The van der Waals surface area contributed by atoms with Crippen molar-refractivity contribution in [3.63, 3.8) is 0 Å². The van der Waals surface area contributed by atoms with Gasteiger partial charge in [-0.3, -0.25) is 0 Å². The first-order chi connectivity index (χ1) is 7.86. The van der Waals surface area contributed by atoms with E-state index >= 15 is 0 Å². The van der Waals surface area contributed by atoms with Gasteiger partial charge in [0.15, 0.2) is 5.65 Å². The molecule has 0 radical (unpaired) electrons. The van der Waals surface area contributed by atoms with Crippen molar-refractivity contribution in [1.29, 1.82) is 0 Å². The third-order valence-electron chi connectivity index (χ3n) is 2.12. The van der Waals surface area contributed by atoms with E-state index in [0.717, 1.165) is 11.2 Å². The first-order valence-electron chi connectivity index (χ1n) is 4.89. The van der Waals surface area contributed by atoms with E-state index in [0.29, 0.717) is 5.65 Å². The predicted octanol–water partition coefficient (Wildman–Crippen LogP) is -0.166. The number of ether oxygens (including phenoxy) is 1. The smallest absolute Gasteiger partial charge is 0.165 e. The molecule has 0 fully saturated rings. The van der Waals surface area contributed by atoms with Crippen molar-refractivity contribution < 1.29 is 9.84 Å². The molecule has 2 heterocycles. The molecule has 7 heteroatoms. The van der Waals surface area contributed by atoms with Gasteiger partial charge in [0.2, 0.25) is 0 Å². The third kappa shape index (κ3) is 1.95. The van der Waals surface area contributed by atoms with Crippen LogP contribution < -0.4 is 5.32 Å². The van der Waals surface area contributed by atoms with Crippen molar-refractivity contribution in [2.24, 2.45) is 0 Å². The first-order valence-corrected chi connectivity index (χ1v) is 4.89. The summed E-state index contributed by atoms with van der Waals surface area (Å²) in [5, 5.41) is 16.6. The van der Waals surface area contributed by atoms with Gasteiger partial charge in [0.05, 0.1) is 24.8 Å². The van der Waals surface area contributed by atoms with Crippen LogP contribution in [0.2, 0.25) is 0 Å². The lowest BCUT2D eigenvalue weighted by molar-refractivity contribution is 0.0439. The molecule has 86 valence electrons. The number of nitrogens with zero attached hydrogens (tertiary/aromatic N) is 4. The van der Waals surface area contributed by atoms with Crippen LogP contribution >= 0.6 is 0 Å². The van der Waals surface area contributed by atoms with E-state index in [9.17, 15) is 0 Å². The van der Waals surface area contributed by atoms with Crippen molar-refractivity contribution >= 4 is 16.9 Å². The lowest BCUT2D eigenvalue weighted by Crippen LogP contribution is -2.08. The van der Waals surface area contributed by atoms with Gasteiger partial charge in [0, 0.05) is 7.05 Å². The van der Waals surface area contributed by atoms with Crippen LogP contribution in [0.1, 0.15) is 0 Å². The Labute approximate surface area is 92.1 Å². The van der Waals surface area contributed by atoms with Gasteiger partial charge >= 0.3 is 0 Å². The fourth-order valence-electron chi connectivity index (χ4n) is 1.40. The summed E-state index contributed by atoms with van der Waals surface area (Å²) in [6.45, 7) is 0.547. The van der Waals surface area contributed by atoms with Crippen LogP contribution in [0, 0.1) is 0 Å². The number of aliphatic hydroxyl groups excluding tert-OH is 1. The highest BCUT2D eigenvalue weighted by Crippen LogP contribution is 2.17. The quantitative estimate of drug-likeness (QED) is 0.685. The van der Waals surface area contributed by atoms with Crippen molar-refractivity contribution in [1.82, 2.24) is 19.7 Å². The van der Waals surface area contributed by atoms with Crippen molar-refractivity contribution in [3.05, 3.63) is 12.5 Å². The van der Waals surface area contributed by atoms with Crippen molar-refractivity contribution in [3.8, 4) is 0 Å². The molecule has 2 N–H and O–H groups in total. The number of rotatable bonds is 5. The number of nitrogens with one attached hydrogen (secondary N) is 1. The normalized spacial score (nSPS) is 10.9. The second kappa shape index (κ2) is 4.86. The van der Waals surface area contributed by atoms with Gasteiger partial charge in [-0.2, -0.15) is 5.10 Å². The Hall–Kier alpha value is -1.73. The Morgan fingerprint density at radius 2 is 2.38 bits per heavy atom. The molecule has 0 atom stereocenters. The third-order valence-corrected chi connectivity index (χ3v) is 2.12. The largest absolute Gasteiger partial charge is 0.394 e. The molecule has 16 heavy (non-hydrogen) atoms. The summed E-state index contributed by atoms with van der Waals surface area (Å²) in [6, 6.07) is 0. The molecular formula is C9H13N5O2. The minimum Gasteiger partial charge on any atom is -0.394 e. The second-order valence-corrected chi connectivity index (χ2v) is 3.11. The van der Waals surface area contributed by atoms with Gasteiger partial charge in [0.1, 0.15) is 18.9 Å². The van der Waals surface area contributed by atoms with E-state index < -0.39 is 0 Å². The Morgan fingerprint density at radius 1 is 1.50 bits per heavy atom. The minimum atomic E-state index is -0.00402. The molecule has 0 saturated heterocycles. The van der Waals surface area contributed by atoms with Gasteiger partial charge in [-0.05, 0) is 0 Å². The Balaban J connectivity index is 2.27. The van der Waals surface area contributed by atoms with E-state index in [1.807, 2.05) is 0 Å². The topological polar surface area (TPSA) is 85.1 Å². The molecule has 0 aliphatic heterocycles. The highest BCUT2D eigenvalue weighted by molar-refractivity contribution is 5.85. The number of hydrogen-bond donors (Lipinski definition) is 2. The summed E-state index contributed by atoms with van der Waals surface area (Å²) in [6.07, 6.45) is 3.15. The van der Waals surface area contributed by atoms with Gasteiger partial charge < -0.3 is 15.2 Å². The van der Waals surface area contributed by atoms with E-state index in [2.05, 4.69) is 20.4 Å². The summed E-state index contributed by atoms with van der Waals surface area (Å²) >= 11 is 0. The standard InChI is InChI=1S/C9H13N5O2/c1-10-8-7-4-13-14(6-16-3-2-15)9(7)12-5-11-8/h4-5,15H,2-3,6H2,1H3,(H,10,11,12). The Bertz CT molecular complexity index is 470. The zero-order chi connectivity index (χ0) is 11.4. The molecule has 2 rings (SSSR count). The molecule has 0 unspecified atom stereocenters. The Kier molecular flexibility index (Phi) is 3.28. The van der Waals surface area contributed by atoms with Crippen LogP contribution in [0.25, 0.3) is 11.0 Å². The summed E-state index contributed by atoms with van der Waals surface area (Å²) in [7, 11) is 1.79. The first kappa shape index (κ1) is 10.8. The molecule has 0 aromatic carbocycles. The molecule has 0 aliphatic rings. The van der Waals surface area contributed by atoms with E-state index in [1.54, 1.807) is 17.9 Å². The van der Waals surface area contributed by atoms with Gasteiger partial charge in [-0.15, -0.1) is 0 Å². The lowest BCUT2D eigenvalue weighted by Gasteiger charge is -2.04. The van der Waals surface area contributed by atoms with Crippen molar-refractivity contribution in [2.75, 3.05) is 25.6 Å². The molecular weight excluding hydrogens is 210 g/mol. The molecule has 0 bridgehead atoms. The number of anilines is 1. The summed E-state index contributed by atoms with van der Waals surface area (Å²) in [5.41, 5.74) is 0.706. The second-order valence-electron chi connectivity index (χ2n) is 3.11. The Morgan fingerprint density at radius 3 is 3.12 bits per heavy atom. The van der Waals surface area contributed by atoms with Crippen LogP contribution in [0.4, 0.5) is 5.82 Å². The minimum absolute atomic E-state index is 0.00402.